The first-order chi connectivity index (χ1) is 11.8. The van der Waals surface area contributed by atoms with Crippen molar-refractivity contribution in [2.75, 3.05) is 11.9 Å². The molecule has 24 heavy (non-hydrogen) atoms. The number of aliphatic hydroxyl groups is 1. The summed E-state index contributed by atoms with van der Waals surface area (Å²) in [6.45, 7) is 2.02. The van der Waals surface area contributed by atoms with Crippen LogP contribution in [-0.4, -0.2) is 42.7 Å². The number of H-pyrrole nitrogens is 2. The molecular formula is C16H18N7O+. The average Bonchev–Trinajstić information content (AvgIpc) is 3.25. The summed E-state index contributed by atoms with van der Waals surface area (Å²) < 4.78 is 1.96. The maximum Gasteiger partial charge on any atom is 0.302 e. The number of hydrogen-bond donors (Lipinski definition) is 4. The molecule has 0 saturated carbocycles. The molecule has 1 atom stereocenters. The van der Waals surface area contributed by atoms with Crippen molar-refractivity contribution in [3.8, 4) is 5.82 Å². The number of nitrogens with zero attached hydrogens (tertiary/aromatic N) is 4. The Morgan fingerprint density at radius 2 is 2.12 bits per heavy atom. The third kappa shape index (κ3) is 2.37. The van der Waals surface area contributed by atoms with Gasteiger partial charge in [-0.2, -0.15) is 9.55 Å². The van der Waals surface area contributed by atoms with Gasteiger partial charge in [-0.1, -0.05) is 24.0 Å². The lowest BCUT2D eigenvalue weighted by atomic mass is 10.2. The molecule has 4 rings (SSSR count). The molecule has 0 bridgehead atoms. The summed E-state index contributed by atoms with van der Waals surface area (Å²) in [7, 11) is 0. The van der Waals surface area contributed by atoms with E-state index in [1.165, 1.54) is 0 Å². The Morgan fingerprint density at radius 1 is 1.25 bits per heavy atom. The molecule has 0 saturated heterocycles. The predicted molar refractivity (Wildman–Crippen MR) is 89.9 cm³/mol. The van der Waals surface area contributed by atoms with Crippen LogP contribution in [0.2, 0.25) is 0 Å². The van der Waals surface area contributed by atoms with E-state index >= 15 is 0 Å². The van der Waals surface area contributed by atoms with Gasteiger partial charge in [0.1, 0.15) is 11.0 Å². The van der Waals surface area contributed by atoms with Gasteiger partial charge in [0, 0.05) is 0 Å². The third-order valence-corrected chi connectivity index (χ3v) is 4.05. The van der Waals surface area contributed by atoms with Crippen molar-refractivity contribution in [2.24, 2.45) is 0 Å². The second-order valence-electron chi connectivity index (χ2n) is 5.56. The minimum Gasteiger partial charge on any atom is -0.394 e. The lowest BCUT2D eigenvalue weighted by Crippen LogP contribution is -2.32. The summed E-state index contributed by atoms with van der Waals surface area (Å²) in [5, 5.41) is 12.6. The molecule has 3 aromatic heterocycles. The zero-order valence-corrected chi connectivity index (χ0v) is 13.2. The van der Waals surface area contributed by atoms with Crippen LogP contribution >= 0.6 is 0 Å². The standard InChI is InChI=1S/C16H17N7O/c1-2-10(7-24)20-16-21-14-13(17-8-18-14)15(22-16)23-9-19-11-5-3-4-6-12(11)23/h3-6,8-10,24H,2,7H2,1H3,(H2,17,18,20,21,22)/p+1/t10-/m0/s1. The van der Waals surface area contributed by atoms with Crippen molar-refractivity contribution < 1.29 is 9.67 Å². The van der Waals surface area contributed by atoms with Crippen molar-refractivity contribution in [2.45, 2.75) is 19.4 Å². The van der Waals surface area contributed by atoms with Gasteiger partial charge in [-0.05, 0) is 18.6 Å². The maximum absolute atomic E-state index is 9.41. The second kappa shape index (κ2) is 5.89. The molecule has 8 heteroatoms. The lowest BCUT2D eigenvalue weighted by molar-refractivity contribution is -0.569. The highest BCUT2D eigenvalue weighted by Crippen LogP contribution is 2.17. The fourth-order valence-corrected chi connectivity index (χ4v) is 2.70. The molecule has 0 fully saturated rings. The van der Waals surface area contributed by atoms with E-state index < -0.39 is 0 Å². The first-order valence-electron chi connectivity index (χ1n) is 7.86. The van der Waals surface area contributed by atoms with E-state index in [0.717, 1.165) is 23.0 Å². The Labute approximate surface area is 137 Å². The monoisotopic (exact) mass is 324 g/mol. The number of para-hydroxylation sites is 2. The van der Waals surface area contributed by atoms with Crippen LogP contribution in [0.25, 0.3) is 28.0 Å². The van der Waals surface area contributed by atoms with Crippen LogP contribution < -0.4 is 9.88 Å². The third-order valence-electron chi connectivity index (χ3n) is 4.05. The van der Waals surface area contributed by atoms with Gasteiger partial charge in [-0.25, -0.2) is 4.98 Å². The number of aromatic nitrogens is 6. The summed E-state index contributed by atoms with van der Waals surface area (Å²) in [6, 6.07) is 7.90. The number of hydrogen-bond acceptors (Lipinski definition) is 5. The van der Waals surface area contributed by atoms with Gasteiger partial charge in [0.05, 0.1) is 19.0 Å². The summed E-state index contributed by atoms with van der Waals surface area (Å²) in [5.74, 6) is 1.15. The Hall–Kier alpha value is -3.00. The zero-order chi connectivity index (χ0) is 16.5. The minimum absolute atomic E-state index is 0.0218. The van der Waals surface area contributed by atoms with Gasteiger partial charge in [0.25, 0.3) is 5.82 Å². The van der Waals surface area contributed by atoms with E-state index in [9.17, 15) is 5.11 Å². The Morgan fingerprint density at radius 3 is 2.96 bits per heavy atom. The van der Waals surface area contributed by atoms with Crippen LogP contribution in [0.5, 0.6) is 0 Å². The van der Waals surface area contributed by atoms with Crippen LogP contribution in [0.4, 0.5) is 5.95 Å². The van der Waals surface area contributed by atoms with Gasteiger partial charge >= 0.3 is 5.95 Å². The number of anilines is 1. The summed E-state index contributed by atoms with van der Waals surface area (Å²) in [4.78, 5) is 19.7. The van der Waals surface area contributed by atoms with E-state index in [2.05, 4.69) is 30.2 Å². The molecule has 1 aromatic carbocycles. The fourth-order valence-electron chi connectivity index (χ4n) is 2.70. The van der Waals surface area contributed by atoms with Crippen molar-refractivity contribution in [3.05, 3.63) is 36.9 Å². The average molecular weight is 324 g/mol. The minimum atomic E-state index is -0.0952. The van der Waals surface area contributed by atoms with Crippen LogP contribution in [-0.2, 0) is 0 Å². The van der Waals surface area contributed by atoms with E-state index in [-0.39, 0.29) is 12.6 Å². The van der Waals surface area contributed by atoms with Crippen molar-refractivity contribution in [3.63, 3.8) is 0 Å². The molecule has 0 aliphatic carbocycles. The normalized spacial score (nSPS) is 12.8. The molecule has 0 amide bonds. The quantitative estimate of drug-likeness (QED) is 0.414. The smallest absolute Gasteiger partial charge is 0.302 e. The topological polar surface area (TPSA) is 106 Å². The van der Waals surface area contributed by atoms with Crippen molar-refractivity contribution in [1.82, 2.24) is 24.9 Å². The second-order valence-corrected chi connectivity index (χ2v) is 5.56. The number of aliphatic hydroxyl groups excluding tert-OH is 1. The molecule has 0 unspecified atom stereocenters. The Bertz CT molecular complexity index is 986. The number of imidazole rings is 2. The highest BCUT2D eigenvalue weighted by atomic mass is 16.3. The van der Waals surface area contributed by atoms with Gasteiger partial charge in [0.15, 0.2) is 17.5 Å². The van der Waals surface area contributed by atoms with Crippen LogP contribution in [0, 0.1) is 0 Å². The number of rotatable bonds is 5. The lowest BCUT2D eigenvalue weighted by Gasteiger charge is -2.12. The maximum atomic E-state index is 9.41. The van der Waals surface area contributed by atoms with E-state index in [4.69, 9.17) is 0 Å². The van der Waals surface area contributed by atoms with Crippen LogP contribution in [0.1, 0.15) is 13.3 Å². The number of aromatic amines is 2. The van der Waals surface area contributed by atoms with Gasteiger partial charge in [0.2, 0.25) is 0 Å². The number of nitrogens with one attached hydrogen (secondary N) is 3. The summed E-state index contributed by atoms with van der Waals surface area (Å²) >= 11 is 0. The molecular weight excluding hydrogens is 306 g/mol. The summed E-state index contributed by atoms with van der Waals surface area (Å²) in [5.41, 5.74) is 3.35. The molecule has 0 radical (unpaired) electrons. The first-order valence-corrected chi connectivity index (χ1v) is 7.86. The molecule has 0 aliphatic heterocycles. The molecule has 0 spiro atoms. The summed E-state index contributed by atoms with van der Waals surface area (Å²) in [6.07, 6.45) is 4.24. The predicted octanol–water partition coefficient (Wildman–Crippen LogP) is 1.29. The van der Waals surface area contributed by atoms with Crippen molar-refractivity contribution >= 4 is 28.1 Å². The van der Waals surface area contributed by atoms with Crippen LogP contribution in [0.15, 0.2) is 36.9 Å². The zero-order valence-electron chi connectivity index (χ0n) is 13.2. The number of benzene rings is 1. The van der Waals surface area contributed by atoms with Gasteiger partial charge < -0.3 is 15.4 Å². The molecule has 8 nitrogen and oxygen atoms in total. The molecule has 0 aliphatic rings. The highest BCUT2D eigenvalue weighted by Gasteiger charge is 2.21. The van der Waals surface area contributed by atoms with Crippen LogP contribution in [0.3, 0.4) is 0 Å². The van der Waals surface area contributed by atoms with E-state index in [0.29, 0.717) is 17.4 Å². The Balaban J connectivity index is 1.89. The fraction of sp³-hybridized carbons (Fsp3) is 0.250. The van der Waals surface area contributed by atoms with Crippen molar-refractivity contribution in [1.29, 1.82) is 0 Å². The molecule has 3 heterocycles. The molecule has 122 valence electrons. The molecule has 4 N–H and O–H groups in total. The SMILES string of the molecule is CC[C@@H](CO)Nc1nc(-[n+]2c[nH]c3ccccc32)c2[nH]cnc2n1. The largest absolute Gasteiger partial charge is 0.394 e. The van der Waals surface area contributed by atoms with Gasteiger partial charge in [-0.3, -0.25) is 4.98 Å². The molecule has 4 aromatic rings. The first kappa shape index (κ1) is 14.6. The van der Waals surface area contributed by atoms with Gasteiger partial charge in [-0.15, -0.1) is 0 Å². The number of fused-ring (bicyclic) bond motifs is 2. The Kier molecular flexibility index (Phi) is 3.58. The van der Waals surface area contributed by atoms with E-state index in [1.807, 2.05) is 42.1 Å². The van der Waals surface area contributed by atoms with E-state index in [1.54, 1.807) is 6.33 Å². The highest BCUT2D eigenvalue weighted by molar-refractivity contribution is 5.79.